The summed E-state index contributed by atoms with van der Waals surface area (Å²) in [6, 6.07) is -4.43. The molecule has 0 aromatic rings. The van der Waals surface area contributed by atoms with E-state index in [1.165, 1.54) is 4.90 Å². The molecule has 4 unspecified atom stereocenters. The fourth-order valence-electron chi connectivity index (χ4n) is 3.82. The van der Waals surface area contributed by atoms with Gasteiger partial charge in [-0.2, -0.15) is 0 Å². The third-order valence-electron chi connectivity index (χ3n) is 5.70. The molecule has 34 heavy (non-hydrogen) atoms. The van der Waals surface area contributed by atoms with Crippen molar-refractivity contribution < 1.29 is 34.2 Å². The fraction of sp³-hybridized carbons (Fsp3) is 0.762. The fourth-order valence-corrected chi connectivity index (χ4v) is 3.82. The zero-order chi connectivity index (χ0) is 25.7. The lowest BCUT2D eigenvalue weighted by Crippen LogP contribution is -2.57. The second-order valence-corrected chi connectivity index (χ2v) is 8.42. The number of amides is 3. The van der Waals surface area contributed by atoms with Crippen LogP contribution in [0.5, 0.6) is 0 Å². The molecular weight excluding hydrogens is 448 g/mol. The van der Waals surface area contributed by atoms with Crippen LogP contribution in [-0.4, -0.2) is 88.6 Å². The molecule has 0 aliphatic carbocycles. The molecule has 1 saturated heterocycles. The Balaban J connectivity index is 2.84. The topological polar surface area (TPSA) is 231 Å². The minimum absolute atomic E-state index is 0.110. The highest BCUT2D eigenvalue weighted by Crippen LogP contribution is 2.19. The molecule has 0 aromatic heterocycles. The second kappa shape index (κ2) is 15.2. The summed E-state index contributed by atoms with van der Waals surface area (Å²) in [5, 5.41) is 23.2. The molecule has 3 amide bonds. The van der Waals surface area contributed by atoms with Gasteiger partial charge in [0.05, 0.1) is 12.5 Å². The van der Waals surface area contributed by atoms with E-state index in [4.69, 9.17) is 17.2 Å². The number of carboxylic acid groups (broad SMARTS) is 2. The first-order valence-corrected chi connectivity index (χ1v) is 11.6. The number of nitrogens with zero attached hydrogens (tertiary/aromatic N) is 1. The average Bonchev–Trinajstić information content (AvgIpc) is 3.27. The van der Waals surface area contributed by atoms with E-state index in [9.17, 15) is 34.2 Å². The number of likely N-dealkylation sites (tertiary alicyclic amines) is 1. The zero-order valence-electron chi connectivity index (χ0n) is 19.4. The van der Waals surface area contributed by atoms with Gasteiger partial charge in [0.1, 0.15) is 18.1 Å². The lowest BCUT2D eigenvalue weighted by Gasteiger charge is -2.28. The predicted octanol–water partition coefficient (Wildman–Crippen LogP) is -1.91. The highest BCUT2D eigenvalue weighted by atomic mass is 16.4. The molecule has 0 saturated carbocycles. The number of nitrogens with one attached hydrogen (secondary N) is 2. The smallest absolute Gasteiger partial charge is 0.326 e. The van der Waals surface area contributed by atoms with Crippen molar-refractivity contribution in [2.45, 2.75) is 82.0 Å². The van der Waals surface area contributed by atoms with E-state index in [-0.39, 0.29) is 12.3 Å². The Labute approximate surface area is 198 Å². The summed E-state index contributed by atoms with van der Waals surface area (Å²) in [5.41, 5.74) is 16.8. The molecule has 10 N–H and O–H groups in total. The van der Waals surface area contributed by atoms with Gasteiger partial charge in [-0.05, 0) is 58.0 Å². The van der Waals surface area contributed by atoms with Crippen LogP contribution in [0, 0.1) is 0 Å². The zero-order valence-corrected chi connectivity index (χ0v) is 19.4. The molecule has 0 aromatic carbocycles. The average molecular weight is 487 g/mol. The van der Waals surface area contributed by atoms with Crippen molar-refractivity contribution in [3.63, 3.8) is 0 Å². The van der Waals surface area contributed by atoms with Gasteiger partial charge in [0.25, 0.3) is 0 Å². The van der Waals surface area contributed by atoms with E-state index >= 15 is 0 Å². The van der Waals surface area contributed by atoms with E-state index in [0.29, 0.717) is 58.2 Å². The molecule has 1 heterocycles. The molecule has 1 fully saturated rings. The number of carbonyl (C=O) groups excluding carboxylic acids is 3. The second-order valence-electron chi connectivity index (χ2n) is 8.42. The summed E-state index contributed by atoms with van der Waals surface area (Å²) in [4.78, 5) is 62.4. The lowest BCUT2D eigenvalue weighted by molar-refractivity contribution is -0.144. The van der Waals surface area contributed by atoms with Crippen molar-refractivity contribution in [3.05, 3.63) is 0 Å². The molecule has 1 aliphatic heterocycles. The van der Waals surface area contributed by atoms with Gasteiger partial charge < -0.3 is 42.9 Å². The van der Waals surface area contributed by atoms with Crippen molar-refractivity contribution >= 4 is 29.7 Å². The van der Waals surface area contributed by atoms with Crippen molar-refractivity contribution in [1.29, 1.82) is 0 Å². The predicted molar refractivity (Wildman–Crippen MR) is 122 cm³/mol. The van der Waals surface area contributed by atoms with E-state index in [2.05, 4.69) is 10.6 Å². The Morgan fingerprint density at radius 1 is 0.912 bits per heavy atom. The van der Waals surface area contributed by atoms with Crippen molar-refractivity contribution in [3.8, 4) is 0 Å². The third kappa shape index (κ3) is 9.61. The highest BCUT2D eigenvalue weighted by molar-refractivity contribution is 5.95. The molecule has 1 aliphatic rings. The van der Waals surface area contributed by atoms with Gasteiger partial charge in [0.15, 0.2) is 0 Å². The van der Waals surface area contributed by atoms with E-state index in [0.717, 1.165) is 6.42 Å². The van der Waals surface area contributed by atoms with Gasteiger partial charge in [0, 0.05) is 6.54 Å². The largest absolute Gasteiger partial charge is 0.481 e. The van der Waals surface area contributed by atoms with Crippen LogP contribution in [0.15, 0.2) is 0 Å². The maximum absolute atomic E-state index is 12.9. The van der Waals surface area contributed by atoms with Crippen LogP contribution >= 0.6 is 0 Å². The van der Waals surface area contributed by atoms with Crippen LogP contribution in [-0.2, 0) is 24.0 Å². The number of rotatable bonds is 16. The molecule has 4 atom stereocenters. The Morgan fingerprint density at radius 3 is 2.09 bits per heavy atom. The van der Waals surface area contributed by atoms with E-state index in [1.807, 2.05) is 0 Å². The molecule has 13 heteroatoms. The number of carbonyl (C=O) groups is 5. The summed E-state index contributed by atoms with van der Waals surface area (Å²) in [6.07, 6.45) is 3.09. The van der Waals surface area contributed by atoms with Gasteiger partial charge in [-0.1, -0.05) is 6.42 Å². The number of unbranched alkanes of at least 4 members (excludes halogenated alkanes) is 2. The minimum atomic E-state index is -1.50. The Kier molecular flexibility index (Phi) is 13.1. The molecular formula is C21H38N6O7. The van der Waals surface area contributed by atoms with E-state index in [1.54, 1.807) is 0 Å². The standard InChI is InChI=1S/C21H38N6O7/c22-9-3-1-6-13(24)20(32)27-11-5-8-16(27)19(31)26-15(12-17(28)29)18(30)25-14(21(33)34)7-2-4-10-23/h13-16H,1-12,22-24H2,(H,25,30)(H,26,31)(H,28,29)(H,33,34). The first-order valence-electron chi connectivity index (χ1n) is 11.6. The van der Waals surface area contributed by atoms with Crippen LogP contribution < -0.4 is 27.8 Å². The number of carboxylic acids is 2. The van der Waals surface area contributed by atoms with Crippen LogP contribution in [0.2, 0.25) is 0 Å². The highest BCUT2D eigenvalue weighted by Gasteiger charge is 2.38. The Morgan fingerprint density at radius 2 is 1.53 bits per heavy atom. The lowest BCUT2D eigenvalue weighted by atomic mass is 10.1. The Bertz CT molecular complexity index is 720. The van der Waals surface area contributed by atoms with Crippen LogP contribution in [0.1, 0.15) is 57.8 Å². The van der Waals surface area contributed by atoms with Gasteiger partial charge in [0.2, 0.25) is 17.7 Å². The third-order valence-corrected chi connectivity index (χ3v) is 5.70. The maximum Gasteiger partial charge on any atom is 0.326 e. The Hall–Kier alpha value is -2.77. The summed E-state index contributed by atoms with van der Waals surface area (Å²) >= 11 is 0. The maximum atomic E-state index is 12.9. The van der Waals surface area contributed by atoms with Crippen LogP contribution in [0.4, 0.5) is 0 Å². The number of hydrogen-bond donors (Lipinski definition) is 7. The van der Waals surface area contributed by atoms with Crippen molar-refractivity contribution in [1.82, 2.24) is 15.5 Å². The summed E-state index contributed by atoms with van der Waals surface area (Å²) in [6.45, 7) is 1.17. The SMILES string of the molecule is NCCCCC(N)C(=O)N1CCCC1C(=O)NC(CC(=O)O)C(=O)NC(CCCCN)C(=O)O. The van der Waals surface area contributed by atoms with Crippen LogP contribution in [0.25, 0.3) is 0 Å². The first kappa shape index (κ1) is 29.3. The van der Waals surface area contributed by atoms with E-state index < -0.39 is 54.3 Å². The molecule has 1 rings (SSSR count). The number of hydrogen-bond acceptors (Lipinski definition) is 8. The normalized spacial score (nSPS) is 18.1. The van der Waals surface area contributed by atoms with Crippen LogP contribution in [0.3, 0.4) is 0 Å². The molecule has 0 bridgehead atoms. The minimum Gasteiger partial charge on any atom is -0.481 e. The van der Waals surface area contributed by atoms with Gasteiger partial charge in [-0.25, -0.2) is 4.79 Å². The summed E-state index contributed by atoms with van der Waals surface area (Å²) in [5.74, 6) is -4.62. The summed E-state index contributed by atoms with van der Waals surface area (Å²) < 4.78 is 0. The first-order chi connectivity index (χ1) is 16.1. The summed E-state index contributed by atoms with van der Waals surface area (Å²) in [7, 11) is 0. The van der Waals surface area contributed by atoms with Crippen molar-refractivity contribution in [2.75, 3.05) is 19.6 Å². The quantitative estimate of drug-likeness (QED) is 0.120. The molecule has 0 radical (unpaired) electrons. The van der Waals surface area contributed by atoms with Gasteiger partial charge in [-0.15, -0.1) is 0 Å². The van der Waals surface area contributed by atoms with Gasteiger partial charge >= 0.3 is 11.9 Å². The number of aliphatic carboxylic acids is 2. The van der Waals surface area contributed by atoms with Gasteiger partial charge in [-0.3, -0.25) is 19.2 Å². The number of nitrogens with two attached hydrogens (primary N) is 3. The molecule has 0 spiro atoms. The molecule has 13 nitrogen and oxygen atoms in total. The van der Waals surface area contributed by atoms with Crippen molar-refractivity contribution in [2.24, 2.45) is 17.2 Å². The molecule has 194 valence electrons. The monoisotopic (exact) mass is 486 g/mol.